The molecule has 0 spiro atoms. The van der Waals surface area contributed by atoms with Gasteiger partial charge in [-0.15, -0.1) is 0 Å². The van der Waals surface area contributed by atoms with Crippen molar-refractivity contribution in [3.05, 3.63) is 12.3 Å². The highest BCUT2D eigenvalue weighted by atomic mass is 15.2. The van der Waals surface area contributed by atoms with Crippen molar-refractivity contribution in [3.8, 4) is 0 Å². The van der Waals surface area contributed by atoms with E-state index < -0.39 is 0 Å². The molecule has 2 rings (SSSR count). The Kier molecular flexibility index (Phi) is 2.56. The highest BCUT2D eigenvalue weighted by molar-refractivity contribution is 5.05. The van der Waals surface area contributed by atoms with Gasteiger partial charge < -0.3 is 9.80 Å². The van der Waals surface area contributed by atoms with E-state index >= 15 is 0 Å². The van der Waals surface area contributed by atoms with Crippen molar-refractivity contribution in [1.29, 1.82) is 0 Å². The topological polar surface area (TPSA) is 6.48 Å². The third-order valence-electron chi connectivity index (χ3n) is 3.68. The van der Waals surface area contributed by atoms with Gasteiger partial charge >= 0.3 is 0 Å². The van der Waals surface area contributed by atoms with Crippen LogP contribution < -0.4 is 0 Å². The molecule has 2 nitrogen and oxygen atoms in total. The molecular weight excluding hydrogens is 172 g/mol. The van der Waals surface area contributed by atoms with E-state index in [1.165, 1.54) is 51.1 Å². The van der Waals surface area contributed by atoms with E-state index in [0.29, 0.717) is 5.41 Å². The molecule has 1 heterocycles. The second-order valence-electron chi connectivity index (χ2n) is 5.34. The lowest BCUT2D eigenvalue weighted by atomic mass is 10.0. The highest BCUT2D eigenvalue weighted by Gasteiger charge is 2.38. The van der Waals surface area contributed by atoms with Crippen molar-refractivity contribution in [2.45, 2.75) is 26.2 Å². The predicted molar refractivity (Wildman–Crippen MR) is 60.2 cm³/mol. The van der Waals surface area contributed by atoms with Crippen LogP contribution in [0.25, 0.3) is 0 Å². The first-order valence-electron chi connectivity index (χ1n) is 5.70. The van der Waals surface area contributed by atoms with Crippen molar-refractivity contribution < 1.29 is 0 Å². The highest BCUT2D eigenvalue weighted by Crippen LogP contribution is 2.50. The molecule has 0 radical (unpaired) electrons. The Balaban J connectivity index is 1.80. The number of rotatable bonds is 3. The molecule has 1 aliphatic heterocycles. The zero-order valence-corrected chi connectivity index (χ0v) is 9.55. The summed E-state index contributed by atoms with van der Waals surface area (Å²) in [6.45, 7) is 11.3. The first-order chi connectivity index (χ1) is 6.59. The molecule has 0 amide bonds. The van der Waals surface area contributed by atoms with Gasteiger partial charge in [0.05, 0.1) is 0 Å². The third-order valence-corrected chi connectivity index (χ3v) is 3.68. The van der Waals surface area contributed by atoms with Crippen LogP contribution in [-0.4, -0.2) is 43.0 Å². The van der Waals surface area contributed by atoms with Gasteiger partial charge in [-0.2, -0.15) is 0 Å². The van der Waals surface area contributed by atoms with Crippen LogP contribution in [-0.2, 0) is 0 Å². The minimum Gasteiger partial charge on any atom is -0.373 e. The van der Waals surface area contributed by atoms with Crippen LogP contribution in [0.4, 0.5) is 0 Å². The molecule has 0 atom stereocenters. The maximum atomic E-state index is 4.24. The Morgan fingerprint density at radius 2 is 1.79 bits per heavy atom. The second-order valence-corrected chi connectivity index (χ2v) is 5.34. The normalized spacial score (nSPS) is 26.3. The van der Waals surface area contributed by atoms with Gasteiger partial charge in [0.2, 0.25) is 0 Å². The van der Waals surface area contributed by atoms with E-state index in [-0.39, 0.29) is 0 Å². The van der Waals surface area contributed by atoms with E-state index in [4.69, 9.17) is 0 Å². The summed E-state index contributed by atoms with van der Waals surface area (Å²) in [7, 11) is 2.20. The smallest absolute Gasteiger partial charge is 0.0303 e. The summed E-state index contributed by atoms with van der Waals surface area (Å²) in [6.07, 6.45) is 4.02. The lowest BCUT2D eigenvalue weighted by Gasteiger charge is -2.36. The Labute approximate surface area is 87.6 Å². The van der Waals surface area contributed by atoms with Crippen molar-refractivity contribution in [2.75, 3.05) is 33.2 Å². The van der Waals surface area contributed by atoms with Gasteiger partial charge in [0.1, 0.15) is 0 Å². The lowest BCUT2D eigenvalue weighted by molar-refractivity contribution is 0.179. The molecule has 0 aromatic heterocycles. The van der Waals surface area contributed by atoms with Crippen LogP contribution in [0, 0.1) is 5.41 Å². The van der Waals surface area contributed by atoms with Crippen LogP contribution in [0.2, 0.25) is 0 Å². The summed E-state index contributed by atoms with van der Waals surface area (Å²) in [4.78, 5) is 4.87. The summed E-state index contributed by atoms with van der Waals surface area (Å²) in [6, 6.07) is 0. The molecule has 0 aromatic carbocycles. The Morgan fingerprint density at radius 3 is 2.29 bits per heavy atom. The molecule has 2 aliphatic rings. The lowest BCUT2D eigenvalue weighted by Crippen LogP contribution is -2.43. The number of allylic oxidation sites excluding steroid dienone is 1. The third kappa shape index (κ3) is 2.30. The van der Waals surface area contributed by atoms with Gasteiger partial charge in [-0.25, -0.2) is 0 Å². The van der Waals surface area contributed by atoms with Gasteiger partial charge in [0, 0.05) is 31.9 Å². The van der Waals surface area contributed by atoms with Crippen LogP contribution in [0.15, 0.2) is 12.3 Å². The Bertz CT molecular complexity index is 222. The van der Waals surface area contributed by atoms with E-state index in [0.717, 1.165) is 0 Å². The molecule has 80 valence electrons. The van der Waals surface area contributed by atoms with Crippen LogP contribution >= 0.6 is 0 Å². The summed E-state index contributed by atoms with van der Waals surface area (Å²) in [5.41, 5.74) is 1.98. The molecule has 0 unspecified atom stereocenters. The van der Waals surface area contributed by atoms with Gasteiger partial charge in [-0.3, -0.25) is 0 Å². The fourth-order valence-electron chi connectivity index (χ4n) is 2.12. The van der Waals surface area contributed by atoms with Crippen LogP contribution in [0.5, 0.6) is 0 Å². The van der Waals surface area contributed by atoms with Gasteiger partial charge in [0.25, 0.3) is 0 Å². The van der Waals surface area contributed by atoms with Crippen molar-refractivity contribution in [3.63, 3.8) is 0 Å². The van der Waals surface area contributed by atoms with Crippen molar-refractivity contribution >= 4 is 0 Å². The molecule has 0 aromatic rings. The van der Waals surface area contributed by atoms with Gasteiger partial charge in [-0.1, -0.05) is 13.5 Å². The van der Waals surface area contributed by atoms with Gasteiger partial charge in [0.15, 0.2) is 0 Å². The molecular formula is C12H22N2. The molecule has 14 heavy (non-hydrogen) atoms. The number of nitrogens with zero attached hydrogens (tertiary/aromatic N) is 2. The van der Waals surface area contributed by atoms with E-state index in [9.17, 15) is 0 Å². The molecule has 1 saturated carbocycles. The maximum absolute atomic E-state index is 4.24. The van der Waals surface area contributed by atoms with Crippen LogP contribution in [0.3, 0.4) is 0 Å². The van der Waals surface area contributed by atoms with Crippen molar-refractivity contribution in [2.24, 2.45) is 5.41 Å². The minimum absolute atomic E-state index is 0.612. The molecule has 2 fully saturated rings. The minimum atomic E-state index is 0.612. The number of piperazine rings is 1. The second kappa shape index (κ2) is 3.58. The zero-order valence-electron chi connectivity index (χ0n) is 9.55. The average Bonchev–Trinajstić information content (AvgIpc) is 2.84. The number of hydrogen-bond acceptors (Lipinski definition) is 2. The predicted octanol–water partition coefficient (Wildman–Crippen LogP) is 1.94. The summed E-state index contributed by atoms with van der Waals surface area (Å²) < 4.78 is 0. The SMILES string of the molecule is C=C(CC1(C)CC1)N1CCN(C)CC1. The van der Waals surface area contributed by atoms with Crippen molar-refractivity contribution in [1.82, 2.24) is 9.80 Å². The first kappa shape index (κ1) is 10.0. The molecule has 1 saturated heterocycles. The number of hydrogen-bond donors (Lipinski definition) is 0. The van der Waals surface area contributed by atoms with E-state index in [1.54, 1.807) is 0 Å². The monoisotopic (exact) mass is 194 g/mol. The Hall–Kier alpha value is -0.500. The summed E-state index contributed by atoms with van der Waals surface area (Å²) in [5, 5.41) is 0. The zero-order chi connectivity index (χ0) is 10.2. The first-order valence-corrected chi connectivity index (χ1v) is 5.70. The molecule has 2 heteroatoms. The van der Waals surface area contributed by atoms with Gasteiger partial charge in [-0.05, 0) is 31.7 Å². The molecule has 1 aliphatic carbocycles. The number of likely N-dealkylation sites (N-methyl/N-ethyl adjacent to an activating group) is 1. The largest absolute Gasteiger partial charge is 0.373 e. The Morgan fingerprint density at radius 1 is 1.21 bits per heavy atom. The van der Waals surface area contributed by atoms with E-state index in [1.807, 2.05) is 0 Å². The maximum Gasteiger partial charge on any atom is 0.0303 e. The van der Waals surface area contributed by atoms with E-state index in [2.05, 4.69) is 30.4 Å². The molecule has 0 bridgehead atoms. The average molecular weight is 194 g/mol. The summed E-state index contributed by atoms with van der Waals surface area (Å²) >= 11 is 0. The standard InChI is InChI=1S/C12H22N2/c1-11(10-12(2)4-5-12)14-8-6-13(3)7-9-14/h1,4-10H2,2-3H3. The van der Waals surface area contributed by atoms with Crippen LogP contribution in [0.1, 0.15) is 26.2 Å². The fourth-order valence-corrected chi connectivity index (χ4v) is 2.12. The summed E-state index contributed by atoms with van der Waals surface area (Å²) in [5.74, 6) is 0. The fraction of sp³-hybridized carbons (Fsp3) is 0.833. The quantitative estimate of drug-likeness (QED) is 0.677. The molecule has 0 N–H and O–H groups in total.